The minimum atomic E-state index is -0.263. The molecule has 0 bridgehead atoms. The van der Waals surface area contributed by atoms with Crippen molar-refractivity contribution >= 4 is 5.78 Å². The van der Waals surface area contributed by atoms with Gasteiger partial charge in [0.15, 0.2) is 0 Å². The number of hydrogen-bond acceptors (Lipinski definition) is 2. The highest BCUT2D eigenvalue weighted by molar-refractivity contribution is 5.83. The highest BCUT2D eigenvalue weighted by atomic mass is 16.1. The third-order valence-electron chi connectivity index (χ3n) is 2.27. The molecule has 0 spiro atoms. The molecule has 0 saturated carbocycles. The standard InChI is InChI=1S/C12H13NO/c1-9-3-5-11(6-4-9)12(7-8-13)10(2)14/h3-6,12H,7H2,1-2H3. The van der Waals surface area contributed by atoms with E-state index < -0.39 is 0 Å². The topological polar surface area (TPSA) is 40.9 Å². The lowest BCUT2D eigenvalue weighted by atomic mass is 9.92. The van der Waals surface area contributed by atoms with Gasteiger partial charge in [-0.15, -0.1) is 0 Å². The summed E-state index contributed by atoms with van der Waals surface area (Å²) in [4.78, 5) is 11.3. The predicted molar refractivity (Wildman–Crippen MR) is 54.8 cm³/mol. The lowest BCUT2D eigenvalue weighted by Gasteiger charge is -2.09. The number of nitrogens with zero attached hydrogens (tertiary/aromatic N) is 1. The smallest absolute Gasteiger partial charge is 0.138 e. The summed E-state index contributed by atoms with van der Waals surface area (Å²) in [6.07, 6.45) is 0.262. The largest absolute Gasteiger partial charge is 0.299 e. The summed E-state index contributed by atoms with van der Waals surface area (Å²) >= 11 is 0. The van der Waals surface area contributed by atoms with Crippen molar-refractivity contribution in [2.45, 2.75) is 26.2 Å². The zero-order valence-electron chi connectivity index (χ0n) is 8.45. The van der Waals surface area contributed by atoms with Gasteiger partial charge in [0.25, 0.3) is 0 Å². The Balaban J connectivity index is 2.95. The molecule has 0 fully saturated rings. The first-order valence-corrected chi connectivity index (χ1v) is 4.59. The lowest BCUT2D eigenvalue weighted by molar-refractivity contribution is -0.118. The molecule has 0 saturated heterocycles. The van der Waals surface area contributed by atoms with Crippen LogP contribution in [0.1, 0.15) is 30.4 Å². The van der Waals surface area contributed by atoms with Crippen LogP contribution in [0.25, 0.3) is 0 Å². The molecule has 0 heterocycles. The van der Waals surface area contributed by atoms with Crippen LogP contribution in [-0.2, 0) is 4.79 Å². The van der Waals surface area contributed by atoms with E-state index in [-0.39, 0.29) is 18.1 Å². The predicted octanol–water partition coefficient (Wildman–Crippen LogP) is 2.58. The minimum Gasteiger partial charge on any atom is -0.299 e. The highest BCUT2D eigenvalue weighted by Gasteiger charge is 2.15. The molecule has 1 rings (SSSR count). The van der Waals surface area contributed by atoms with Gasteiger partial charge in [0.1, 0.15) is 5.78 Å². The average Bonchev–Trinajstić information content (AvgIpc) is 2.15. The van der Waals surface area contributed by atoms with Gasteiger partial charge in [-0.05, 0) is 19.4 Å². The Morgan fingerprint density at radius 3 is 2.43 bits per heavy atom. The van der Waals surface area contributed by atoms with Gasteiger partial charge < -0.3 is 0 Å². The molecule has 0 radical (unpaired) electrons. The molecule has 14 heavy (non-hydrogen) atoms. The monoisotopic (exact) mass is 187 g/mol. The van der Waals surface area contributed by atoms with E-state index in [1.807, 2.05) is 37.3 Å². The van der Waals surface area contributed by atoms with Crippen molar-refractivity contribution in [2.24, 2.45) is 0 Å². The summed E-state index contributed by atoms with van der Waals surface area (Å²) in [5.41, 5.74) is 2.10. The molecule has 0 N–H and O–H groups in total. The van der Waals surface area contributed by atoms with E-state index in [1.54, 1.807) is 0 Å². The molecule has 0 aliphatic rings. The van der Waals surface area contributed by atoms with E-state index in [2.05, 4.69) is 0 Å². The maximum atomic E-state index is 11.3. The highest BCUT2D eigenvalue weighted by Crippen LogP contribution is 2.20. The van der Waals surface area contributed by atoms with Gasteiger partial charge in [-0.3, -0.25) is 4.79 Å². The Kier molecular flexibility index (Phi) is 3.41. The molecule has 1 atom stereocenters. The second kappa shape index (κ2) is 4.57. The SMILES string of the molecule is CC(=O)C(CC#N)c1ccc(C)cc1. The van der Waals surface area contributed by atoms with Gasteiger partial charge >= 0.3 is 0 Å². The Labute approximate surface area is 84.2 Å². The third-order valence-corrected chi connectivity index (χ3v) is 2.27. The van der Waals surface area contributed by atoms with Crippen molar-refractivity contribution in [1.82, 2.24) is 0 Å². The molecular weight excluding hydrogens is 174 g/mol. The van der Waals surface area contributed by atoms with Crippen LogP contribution in [0.15, 0.2) is 24.3 Å². The number of rotatable bonds is 3. The molecule has 0 aliphatic heterocycles. The molecule has 1 unspecified atom stereocenters. The van der Waals surface area contributed by atoms with E-state index in [0.29, 0.717) is 0 Å². The van der Waals surface area contributed by atoms with Crippen LogP contribution < -0.4 is 0 Å². The molecule has 2 nitrogen and oxygen atoms in total. The van der Waals surface area contributed by atoms with Crippen molar-refractivity contribution in [3.05, 3.63) is 35.4 Å². The fourth-order valence-electron chi connectivity index (χ4n) is 1.39. The van der Waals surface area contributed by atoms with E-state index in [0.717, 1.165) is 11.1 Å². The molecule has 0 aliphatic carbocycles. The number of carbonyl (C=O) groups is 1. The number of carbonyl (C=O) groups excluding carboxylic acids is 1. The summed E-state index contributed by atoms with van der Waals surface area (Å²) in [6.45, 7) is 3.53. The molecule has 72 valence electrons. The van der Waals surface area contributed by atoms with Crippen molar-refractivity contribution < 1.29 is 4.79 Å². The van der Waals surface area contributed by atoms with Gasteiger partial charge in [-0.1, -0.05) is 29.8 Å². The van der Waals surface area contributed by atoms with Gasteiger partial charge in [0.2, 0.25) is 0 Å². The molecule has 1 aromatic rings. The molecule has 1 aromatic carbocycles. The van der Waals surface area contributed by atoms with Crippen LogP contribution in [-0.4, -0.2) is 5.78 Å². The summed E-state index contributed by atoms with van der Waals surface area (Å²) < 4.78 is 0. The molecule has 2 heteroatoms. The van der Waals surface area contributed by atoms with Crippen molar-refractivity contribution in [3.8, 4) is 6.07 Å². The maximum absolute atomic E-state index is 11.3. The Hall–Kier alpha value is -1.62. The fourth-order valence-corrected chi connectivity index (χ4v) is 1.39. The summed E-state index contributed by atoms with van der Waals surface area (Å²) in [5.74, 6) is -0.212. The van der Waals surface area contributed by atoms with Crippen molar-refractivity contribution in [3.63, 3.8) is 0 Å². The number of benzene rings is 1. The number of Topliss-reactive ketones (excluding diaryl/α,β-unsaturated/α-hetero) is 1. The van der Waals surface area contributed by atoms with Crippen LogP contribution in [0.2, 0.25) is 0 Å². The normalized spacial score (nSPS) is 11.8. The van der Waals surface area contributed by atoms with Crippen LogP contribution in [0.3, 0.4) is 0 Å². The Bertz CT molecular complexity index is 359. The number of ketones is 1. The van der Waals surface area contributed by atoms with E-state index in [9.17, 15) is 4.79 Å². The number of aryl methyl sites for hydroxylation is 1. The van der Waals surface area contributed by atoms with Crippen molar-refractivity contribution in [1.29, 1.82) is 5.26 Å². The van der Waals surface area contributed by atoms with Gasteiger partial charge in [0.05, 0.1) is 12.0 Å². The second-order valence-corrected chi connectivity index (χ2v) is 3.44. The summed E-state index contributed by atoms with van der Waals surface area (Å²) in [7, 11) is 0. The Morgan fingerprint density at radius 2 is 2.00 bits per heavy atom. The zero-order valence-corrected chi connectivity index (χ0v) is 8.45. The minimum absolute atomic E-state index is 0.0513. The first-order valence-electron chi connectivity index (χ1n) is 4.59. The van der Waals surface area contributed by atoms with E-state index >= 15 is 0 Å². The second-order valence-electron chi connectivity index (χ2n) is 3.44. The van der Waals surface area contributed by atoms with Gasteiger partial charge in [-0.25, -0.2) is 0 Å². The summed E-state index contributed by atoms with van der Waals surface area (Å²) in [5, 5.41) is 8.60. The zero-order chi connectivity index (χ0) is 10.6. The number of nitriles is 1. The maximum Gasteiger partial charge on any atom is 0.138 e. The first-order chi connectivity index (χ1) is 6.65. The van der Waals surface area contributed by atoms with Gasteiger partial charge in [-0.2, -0.15) is 5.26 Å². The fraction of sp³-hybridized carbons (Fsp3) is 0.333. The van der Waals surface area contributed by atoms with Crippen LogP contribution in [0, 0.1) is 18.3 Å². The van der Waals surface area contributed by atoms with E-state index in [1.165, 1.54) is 6.92 Å². The lowest BCUT2D eigenvalue weighted by Crippen LogP contribution is -2.07. The molecular formula is C12H13NO. The van der Waals surface area contributed by atoms with E-state index in [4.69, 9.17) is 5.26 Å². The summed E-state index contributed by atoms with van der Waals surface area (Å²) in [6, 6.07) is 9.79. The first kappa shape index (κ1) is 10.5. The van der Waals surface area contributed by atoms with Gasteiger partial charge in [0, 0.05) is 6.42 Å². The average molecular weight is 187 g/mol. The van der Waals surface area contributed by atoms with Crippen LogP contribution >= 0.6 is 0 Å². The molecule has 0 aromatic heterocycles. The van der Waals surface area contributed by atoms with Crippen LogP contribution in [0.5, 0.6) is 0 Å². The van der Waals surface area contributed by atoms with Crippen LogP contribution in [0.4, 0.5) is 0 Å². The third kappa shape index (κ3) is 2.43. The Morgan fingerprint density at radius 1 is 1.43 bits per heavy atom. The number of hydrogen-bond donors (Lipinski definition) is 0. The van der Waals surface area contributed by atoms with Crippen molar-refractivity contribution in [2.75, 3.05) is 0 Å². The molecule has 0 amide bonds. The quantitative estimate of drug-likeness (QED) is 0.729.